The number of aryl methyl sites for hydroxylation is 1. The first-order valence-corrected chi connectivity index (χ1v) is 15.0. The molecule has 232 valence electrons. The summed E-state index contributed by atoms with van der Waals surface area (Å²) >= 11 is 0. The fraction of sp³-hybridized carbons (Fsp3) is 0.559. The molecule has 2 rings (SSSR count). The van der Waals surface area contributed by atoms with Crippen LogP contribution in [0.25, 0.3) is 0 Å². The summed E-state index contributed by atoms with van der Waals surface area (Å²) in [5.41, 5.74) is 1.60. The quantitative estimate of drug-likeness (QED) is 0.259. The summed E-state index contributed by atoms with van der Waals surface area (Å²) in [7, 11) is 1.59. The van der Waals surface area contributed by atoms with Gasteiger partial charge in [-0.25, -0.2) is 4.79 Å². The van der Waals surface area contributed by atoms with Crippen LogP contribution in [0.1, 0.15) is 91.8 Å². The standard InChI is InChI=1S/C34H51N3O5/c1-11-24(5)29(36-33(40)42-34(7,8)9)32(39)37(25(6)15-12-22(2)3)30(26-16-13-23(4)14-17-26)31(38)35-27-18-20-28(41-10)21-19-27/h13-14,16-22,24-25,29-30H,11-12,15H2,1-10H3,(H,35,38)(H,36,40). The molecule has 0 aromatic heterocycles. The SMILES string of the molecule is CCC(C)C(NC(=O)OC(C)(C)C)C(=O)N(C(C)CCC(C)C)C(C(=O)Nc1ccc(OC)cc1)c1ccc(C)cc1. The van der Waals surface area contributed by atoms with Gasteiger partial charge in [0.15, 0.2) is 0 Å². The Labute approximate surface area is 252 Å². The van der Waals surface area contributed by atoms with Crippen molar-refractivity contribution in [1.29, 1.82) is 0 Å². The highest BCUT2D eigenvalue weighted by atomic mass is 16.6. The van der Waals surface area contributed by atoms with Crippen molar-refractivity contribution in [3.63, 3.8) is 0 Å². The normalized spacial score (nSPS) is 14.4. The summed E-state index contributed by atoms with van der Waals surface area (Å²) < 4.78 is 10.8. The van der Waals surface area contributed by atoms with Gasteiger partial charge in [0.05, 0.1) is 7.11 Å². The molecule has 8 nitrogen and oxygen atoms in total. The summed E-state index contributed by atoms with van der Waals surface area (Å²) in [6, 6.07) is 12.6. The summed E-state index contributed by atoms with van der Waals surface area (Å²) in [6.07, 6.45) is 1.55. The van der Waals surface area contributed by atoms with Crippen molar-refractivity contribution in [3.05, 3.63) is 59.7 Å². The molecule has 4 atom stereocenters. The van der Waals surface area contributed by atoms with Gasteiger partial charge in [0.2, 0.25) is 5.91 Å². The second kappa shape index (κ2) is 15.6. The van der Waals surface area contributed by atoms with Crippen molar-refractivity contribution in [1.82, 2.24) is 10.2 Å². The lowest BCUT2D eigenvalue weighted by atomic mass is 9.93. The monoisotopic (exact) mass is 581 g/mol. The molecular weight excluding hydrogens is 530 g/mol. The van der Waals surface area contributed by atoms with E-state index in [1.165, 1.54) is 0 Å². The molecule has 2 aromatic carbocycles. The smallest absolute Gasteiger partial charge is 0.408 e. The topological polar surface area (TPSA) is 97.0 Å². The second-order valence-corrected chi connectivity index (χ2v) is 12.6. The molecule has 2 aromatic rings. The second-order valence-electron chi connectivity index (χ2n) is 12.6. The maximum Gasteiger partial charge on any atom is 0.408 e. The van der Waals surface area contributed by atoms with Gasteiger partial charge in [-0.2, -0.15) is 0 Å². The van der Waals surface area contributed by atoms with Crippen molar-refractivity contribution < 1.29 is 23.9 Å². The average molecular weight is 582 g/mol. The number of alkyl carbamates (subject to hydrolysis) is 1. The van der Waals surface area contributed by atoms with Crippen LogP contribution >= 0.6 is 0 Å². The van der Waals surface area contributed by atoms with E-state index in [4.69, 9.17) is 9.47 Å². The van der Waals surface area contributed by atoms with E-state index >= 15 is 0 Å². The van der Waals surface area contributed by atoms with E-state index in [9.17, 15) is 14.4 Å². The van der Waals surface area contributed by atoms with Crippen LogP contribution < -0.4 is 15.4 Å². The van der Waals surface area contributed by atoms with Crippen molar-refractivity contribution in [2.24, 2.45) is 11.8 Å². The molecule has 0 aliphatic heterocycles. The molecule has 0 fully saturated rings. The zero-order chi connectivity index (χ0) is 31.6. The highest BCUT2D eigenvalue weighted by Crippen LogP contribution is 2.30. The molecular formula is C34H51N3O5. The first-order chi connectivity index (χ1) is 19.7. The van der Waals surface area contributed by atoms with E-state index in [1.54, 1.807) is 57.0 Å². The minimum absolute atomic E-state index is 0.201. The van der Waals surface area contributed by atoms with Crippen LogP contribution in [0.4, 0.5) is 10.5 Å². The number of ether oxygens (including phenoxy) is 2. The molecule has 0 saturated carbocycles. The summed E-state index contributed by atoms with van der Waals surface area (Å²) in [5, 5.41) is 5.86. The number of carbonyl (C=O) groups is 3. The van der Waals surface area contributed by atoms with Gasteiger partial charge in [-0.3, -0.25) is 9.59 Å². The zero-order valence-corrected chi connectivity index (χ0v) is 27.1. The number of hydrogen-bond donors (Lipinski definition) is 2. The van der Waals surface area contributed by atoms with E-state index in [0.717, 1.165) is 12.0 Å². The molecule has 0 aliphatic rings. The van der Waals surface area contributed by atoms with Gasteiger partial charge in [0.25, 0.3) is 5.91 Å². The van der Waals surface area contributed by atoms with E-state index in [2.05, 4.69) is 24.5 Å². The predicted octanol–water partition coefficient (Wildman–Crippen LogP) is 7.28. The number of methoxy groups -OCH3 is 1. The van der Waals surface area contributed by atoms with Gasteiger partial charge in [0.1, 0.15) is 23.4 Å². The maximum atomic E-state index is 14.6. The minimum atomic E-state index is -0.936. The number of rotatable bonds is 13. The third kappa shape index (κ3) is 10.4. The number of hydrogen-bond acceptors (Lipinski definition) is 5. The molecule has 8 heteroatoms. The van der Waals surface area contributed by atoms with Crippen LogP contribution in [0.15, 0.2) is 48.5 Å². The van der Waals surface area contributed by atoms with Crippen LogP contribution in [0, 0.1) is 18.8 Å². The van der Waals surface area contributed by atoms with Crippen molar-refractivity contribution >= 4 is 23.6 Å². The summed E-state index contributed by atoms with van der Waals surface area (Å²) in [6.45, 7) is 17.5. The number of benzene rings is 2. The molecule has 3 amide bonds. The fourth-order valence-corrected chi connectivity index (χ4v) is 4.66. The predicted molar refractivity (Wildman–Crippen MR) is 169 cm³/mol. The van der Waals surface area contributed by atoms with Gasteiger partial charge >= 0.3 is 6.09 Å². The summed E-state index contributed by atoms with van der Waals surface area (Å²) in [4.78, 5) is 43.4. The lowest BCUT2D eigenvalue weighted by molar-refractivity contribution is -0.144. The molecule has 42 heavy (non-hydrogen) atoms. The lowest BCUT2D eigenvalue weighted by Gasteiger charge is -2.40. The molecule has 0 radical (unpaired) electrons. The van der Waals surface area contributed by atoms with E-state index in [0.29, 0.717) is 35.8 Å². The van der Waals surface area contributed by atoms with Crippen LogP contribution in [0.5, 0.6) is 5.75 Å². The third-order valence-corrected chi connectivity index (χ3v) is 7.32. The minimum Gasteiger partial charge on any atom is -0.497 e. The highest BCUT2D eigenvalue weighted by molar-refractivity contribution is 5.99. The van der Waals surface area contributed by atoms with Crippen LogP contribution in [0.2, 0.25) is 0 Å². The molecule has 2 N–H and O–H groups in total. The first-order valence-electron chi connectivity index (χ1n) is 15.0. The molecule has 4 unspecified atom stereocenters. The Balaban J connectivity index is 2.62. The Morgan fingerprint density at radius 2 is 1.50 bits per heavy atom. The average Bonchev–Trinajstić information content (AvgIpc) is 2.92. The van der Waals surface area contributed by atoms with E-state index < -0.39 is 23.8 Å². The largest absolute Gasteiger partial charge is 0.497 e. The highest BCUT2D eigenvalue weighted by Gasteiger charge is 2.40. The van der Waals surface area contributed by atoms with E-state index in [1.807, 2.05) is 52.0 Å². The maximum absolute atomic E-state index is 14.6. The third-order valence-electron chi connectivity index (χ3n) is 7.32. The Bertz CT molecular complexity index is 1160. The molecule has 0 heterocycles. The Morgan fingerprint density at radius 3 is 2.00 bits per heavy atom. The van der Waals surface area contributed by atoms with Crippen molar-refractivity contribution in [3.8, 4) is 5.75 Å². The van der Waals surface area contributed by atoms with Crippen LogP contribution in [-0.4, -0.2) is 47.6 Å². The van der Waals surface area contributed by atoms with E-state index in [-0.39, 0.29) is 23.8 Å². The van der Waals surface area contributed by atoms with Crippen LogP contribution in [-0.2, 0) is 14.3 Å². The Kier molecular flexibility index (Phi) is 12.9. The molecule has 0 bridgehead atoms. The molecule has 0 saturated heterocycles. The molecule has 0 aliphatic carbocycles. The Morgan fingerprint density at radius 1 is 0.905 bits per heavy atom. The number of nitrogens with zero attached hydrogens (tertiary/aromatic N) is 1. The molecule has 0 spiro atoms. The first kappa shape index (κ1) is 34.7. The number of carbonyl (C=O) groups excluding carboxylic acids is 3. The lowest BCUT2D eigenvalue weighted by Crippen LogP contribution is -2.57. The Hall–Kier alpha value is -3.55. The van der Waals surface area contributed by atoms with Gasteiger partial charge < -0.3 is 25.0 Å². The van der Waals surface area contributed by atoms with Gasteiger partial charge in [-0.15, -0.1) is 0 Å². The number of amides is 3. The number of anilines is 1. The van der Waals surface area contributed by atoms with Crippen molar-refractivity contribution in [2.75, 3.05) is 12.4 Å². The van der Waals surface area contributed by atoms with Crippen molar-refractivity contribution in [2.45, 2.75) is 105 Å². The van der Waals surface area contributed by atoms with Gasteiger partial charge in [0, 0.05) is 11.7 Å². The number of nitrogens with one attached hydrogen (secondary N) is 2. The van der Waals surface area contributed by atoms with Gasteiger partial charge in [-0.1, -0.05) is 63.9 Å². The summed E-state index contributed by atoms with van der Waals surface area (Å²) in [5.74, 6) is 0.233. The van der Waals surface area contributed by atoms with Crippen LogP contribution in [0.3, 0.4) is 0 Å². The zero-order valence-electron chi connectivity index (χ0n) is 27.1. The fourth-order valence-electron chi connectivity index (χ4n) is 4.66. The van der Waals surface area contributed by atoms with Gasteiger partial charge in [-0.05, 0) is 89.1 Å².